The molecule has 0 amide bonds. The first-order chi connectivity index (χ1) is 5.35. The van der Waals surface area contributed by atoms with Gasteiger partial charge in [-0.25, -0.2) is 0 Å². The predicted octanol–water partition coefficient (Wildman–Crippen LogP) is 4.22. The molecule has 1 unspecified atom stereocenters. The Kier molecular flexibility index (Phi) is 8.61. The van der Waals surface area contributed by atoms with Gasteiger partial charge in [-0.2, -0.15) is 0 Å². The maximum Gasteiger partial charge on any atom is 0.0226 e. The van der Waals surface area contributed by atoms with Crippen LogP contribution in [0.1, 0.15) is 52.4 Å². The van der Waals surface area contributed by atoms with Crippen molar-refractivity contribution >= 4 is 11.6 Å². The molecule has 0 aliphatic rings. The fourth-order valence-corrected chi connectivity index (χ4v) is 1.80. The topological polar surface area (TPSA) is 0 Å². The van der Waals surface area contributed by atoms with Crippen LogP contribution >= 0.6 is 11.6 Å². The maximum atomic E-state index is 5.71. The lowest BCUT2D eigenvalue weighted by Crippen LogP contribution is -2.00. The van der Waals surface area contributed by atoms with Crippen LogP contribution in [0.15, 0.2) is 0 Å². The van der Waals surface area contributed by atoms with Gasteiger partial charge in [-0.15, -0.1) is 11.6 Å². The van der Waals surface area contributed by atoms with Gasteiger partial charge in [0.25, 0.3) is 0 Å². The largest absolute Gasteiger partial charge is 0.127 e. The fourth-order valence-electron chi connectivity index (χ4n) is 1.49. The Balaban J connectivity index is 3.34. The lowest BCUT2D eigenvalue weighted by Gasteiger charge is -2.13. The van der Waals surface area contributed by atoms with E-state index < -0.39 is 0 Å². The molecule has 0 radical (unpaired) electrons. The third-order valence-electron chi connectivity index (χ3n) is 2.18. The van der Waals surface area contributed by atoms with Crippen molar-refractivity contribution in [2.24, 2.45) is 5.92 Å². The number of hydrogen-bond acceptors (Lipinski definition) is 0. The summed E-state index contributed by atoms with van der Waals surface area (Å²) in [7, 11) is 0. The summed E-state index contributed by atoms with van der Waals surface area (Å²) in [5.41, 5.74) is 0. The summed E-state index contributed by atoms with van der Waals surface area (Å²) < 4.78 is 0. The van der Waals surface area contributed by atoms with E-state index in [0.717, 1.165) is 11.8 Å². The van der Waals surface area contributed by atoms with Crippen molar-refractivity contribution in [1.82, 2.24) is 0 Å². The fraction of sp³-hybridized carbons (Fsp3) is 1.00. The normalized spacial score (nSPS) is 13.4. The van der Waals surface area contributed by atoms with Gasteiger partial charge in [-0.3, -0.25) is 0 Å². The monoisotopic (exact) mass is 176 g/mol. The summed E-state index contributed by atoms with van der Waals surface area (Å²) in [5.74, 6) is 1.74. The highest BCUT2D eigenvalue weighted by atomic mass is 35.5. The lowest BCUT2D eigenvalue weighted by atomic mass is 9.95. The molecule has 0 rings (SSSR count). The zero-order valence-electron chi connectivity index (χ0n) is 7.91. The molecule has 0 aromatic rings. The zero-order chi connectivity index (χ0) is 8.53. The van der Waals surface area contributed by atoms with Gasteiger partial charge in [0.2, 0.25) is 0 Å². The molecule has 0 spiro atoms. The molecule has 0 bridgehead atoms. The summed E-state index contributed by atoms with van der Waals surface area (Å²) in [5, 5.41) is 0. The minimum Gasteiger partial charge on any atom is -0.127 e. The van der Waals surface area contributed by atoms with E-state index in [-0.39, 0.29) is 0 Å². The molecule has 0 aromatic heterocycles. The molecular formula is C10H21Cl. The highest BCUT2D eigenvalue weighted by molar-refractivity contribution is 6.17. The molecule has 0 saturated heterocycles. The molecule has 0 heterocycles. The van der Waals surface area contributed by atoms with Gasteiger partial charge in [0.1, 0.15) is 0 Å². The van der Waals surface area contributed by atoms with Crippen molar-refractivity contribution < 1.29 is 0 Å². The Morgan fingerprint density at radius 1 is 1.00 bits per heavy atom. The van der Waals surface area contributed by atoms with Gasteiger partial charge in [-0.05, 0) is 12.3 Å². The minimum atomic E-state index is 0.842. The molecule has 11 heavy (non-hydrogen) atoms. The summed E-state index contributed by atoms with van der Waals surface area (Å²) in [6.07, 6.45) is 7.98. The van der Waals surface area contributed by atoms with E-state index in [1.807, 2.05) is 0 Å². The number of rotatable bonds is 7. The highest BCUT2D eigenvalue weighted by Gasteiger charge is 2.05. The number of unbranched alkanes of at least 4 members (excludes halogenated alkanes) is 1. The van der Waals surface area contributed by atoms with Gasteiger partial charge < -0.3 is 0 Å². The smallest absolute Gasteiger partial charge is 0.0226 e. The lowest BCUT2D eigenvalue weighted by molar-refractivity contribution is 0.419. The quantitative estimate of drug-likeness (QED) is 0.510. The van der Waals surface area contributed by atoms with Crippen molar-refractivity contribution in [2.75, 3.05) is 5.88 Å². The first kappa shape index (κ1) is 11.3. The number of halogens is 1. The molecule has 0 N–H and O–H groups in total. The van der Waals surface area contributed by atoms with Crippen LogP contribution in [-0.4, -0.2) is 5.88 Å². The molecule has 0 aliphatic heterocycles. The Morgan fingerprint density at radius 2 is 1.73 bits per heavy atom. The van der Waals surface area contributed by atoms with E-state index in [9.17, 15) is 0 Å². The van der Waals surface area contributed by atoms with E-state index in [2.05, 4.69) is 13.8 Å². The Hall–Kier alpha value is 0.290. The molecule has 0 aliphatic carbocycles. The zero-order valence-corrected chi connectivity index (χ0v) is 8.66. The molecule has 1 heteroatoms. The van der Waals surface area contributed by atoms with Crippen LogP contribution in [0.3, 0.4) is 0 Å². The van der Waals surface area contributed by atoms with Gasteiger partial charge in [0, 0.05) is 5.88 Å². The Morgan fingerprint density at radius 3 is 2.18 bits per heavy atom. The van der Waals surface area contributed by atoms with Crippen LogP contribution in [0.4, 0.5) is 0 Å². The first-order valence-corrected chi connectivity index (χ1v) is 5.44. The molecular weight excluding hydrogens is 156 g/mol. The van der Waals surface area contributed by atoms with E-state index >= 15 is 0 Å². The summed E-state index contributed by atoms with van der Waals surface area (Å²) in [4.78, 5) is 0. The first-order valence-electron chi connectivity index (χ1n) is 4.91. The Labute approximate surface area is 76.3 Å². The van der Waals surface area contributed by atoms with E-state index in [4.69, 9.17) is 11.6 Å². The summed E-state index contributed by atoms with van der Waals surface area (Å²) in [6.45, 7) is 4.51. The van der Waals surface area contributed by atoms with Crippen LogP contribution in [-0.2, 0) is 0 Å². The van der Waals surface area contributed by atoms with Crippen LogP contribution in [0.5, 0.6) is 0 Å². The van der Waals surface area contributed by atoms with E-state index in [1.165, 1.54) is 38.5 Å². The van der Waals surface area contributed by atoms with Crippen molar-refractivity contribution in [2.45, 2.75) is 52.4 Å². The van der Waals surface area contributed by atoms with Crippen molar-refractivity contribution in [3.05, 3.63) is 0 Å². The highest BCUT2D eigenvalue weighted by Crippen LogP contribution is 2.18. The molecule has 0 nitrogen and oxygen atoms in total. The third-order valence-corrected chi connectivity index (χ3v) is 2.40. The molecule has 68 valence electrons. The maximum absolute atomic E-state index is 5.71. The second-order valence-corrected chi connectivity index (χ2v) is 3.65. The second-order valence-electron chi connectivity index (χ2n) is 3.27. The van der Waals surface area contributed by atoms with Crippen molar-refractivity contribution in [1.29, 1.82) is 0 Å². The Bertz CT molecular complexity index is 65.3. The van der Waals surface area contributed by atoms with Crippen LogP contribution in [0.2, 0.25) is 0 Å². The molecule has 1 atom stereocenters. The van der Waals surface area contributed by atoms with Gasteiger partial charge in [0.15, 0.2) is 0 Å². The minimum absolute atomic E-state index is 0.842. The summed E-state index contributed by atoms with van der Waals surface area (Å²) >= 11 is 5.71. The predicted molar refractivity (Wildman–Crippen MR) is 53.3 cm³/mol. The van der Waals surface area contributed by atoms with Crippen LogP contribution < -0.4 is 0 Å². The van der Waals surface area contributed by atoms with Crippen LogP contribution in [0.25, 0.3) is 0 Å². The molecule has 0 saturated carbocycles. The SMILES string of the molecule is CCCCC(CCC)CCCl. The average molecular weight is 177 g/mol. The van der Waals surface area contributed by atoms with Crippen molar-refractivity contribution in [3.8, 4) is 0 Å². The van der Waals surface area contributed by atoms with Gasteiger partial charge in [-0.1, -0.05) is 46.0 Å². The number of hydrogen-bond donors (Lipinski definition) is 0. The number of alkyl halides is 1. The molecule has 0 aromatic carbocycles. The standard InChI is InChI=1S/C10H21Cl/c1-3-5-7-10(6-4-2)8-9-11/h10H,3-9H2,1-2H3. The van der Waals surface area contributed by atoms with E-state index in [0.29, 0.717) is 0 Å². The summed E-state index contributed by atoms with van der Waals surface area (Å²) in [6, 6.07) is 0. The third kappa shape index (κ3) is 6.68. The second kappa shape index (κ2) is 8.39. The average Bonchev–Trinajstić information content (AvgIpc) is 2.01. The van der Waals surface area contributed by atoms with E-state index in [1.54, 1.807) is 0 Å². The van der Waals surface area contributed by atoms with Gasteiger partial charge >= 0.3 is 0 Å². The van der Waals surface area contributed by atoms with Gasteiger partial charge in [0.05, 0.1) is 0 Å². The van der Waals surface area contributed by atoms with Crippen LogP contribution in [0, 0.1) is 5.92 Å². The molecule has 0 fully saturated rings. The van der Waals surface area contributed by atoms with Crippen molar-refractivity contribution in [3.63, 3.8) is 0 Å².